The molecule has 10 nitrogen and oxygen atoms in total. The molecule has 2 saturated heterocycles. The first-order valence-corrected chi connectivity index (χ1v) is 11.3. The van der Waals surface area contributed by atoms with Gasteiger partial charge in [-0.05, 0) is 33.6 Å². The first-order chi connectivity index (χ1) is 15.6. The van der Waals surface area contributed by atoms with Gasteiger partial charge in [0, 0.05) is 57.4 Å². The number of piperidine rings is 1. The fraction of sp³-hybridized carbons (Fsp3) is 0.652. The Hall–Kier alpha value is -3.06. The van der Waals surface area contributed by atoms with Crippen molar-refractivity contribution in [2.45, 2.75) is 51.8 Å². The van der Waals surface area contributed by atoms with Crippen LogP contribution in [0.25, 0.3) is 4.85 Å². The Bertz CT molecular complexity index is 907. The van der Waals surface area contributed by atoms with Gasteiger partial charge in [0.05, 0.1) is 23.3 Å². The van der Waals surface area contributed by atoms with E-state index >= 15 is 0 Å². The maximum atomic E-state index is 12.3. The third-order valence-electron chi connectivity index (χ3n) is 6.11. The zero-order chi connectivity index (χ0) is 24.2. The number of anilines is 1. The summed E-state index contributed by atoms with van der Waals surface area (Å²) in [5.41, 5.74) is 0.884. The Balaban J connectivity index is 1.61. The van der Waals surface area contributed by atoms with Crippen molar-refractivity contribution in [2.75, 3.05) is 51.3 Å². The van der Waals surface area contributed by atoms with E-state index in [1.807, 2.05) is 20.8 Å². The van der Waals surface area contributed by atoms with Crippen LogP contribution in [0.5, 0.6) is 5.75 Å². The molecule has 2 aliphatic heterocycles. The topological polar surface area (TPSA) is 92.8 Å². The highest BCUT2D eigenvalue weighted by molar-refractivity contribution is 5.68. The Kier molecular flexibility index (Phi) is 7.64. The van der Waals surface area contributed by atoms with Gasteiger partial charge in [-0.1, -0.05) is 0 Å². The summed E-state index contributed by atoms with van der Waals surface area (Å²) >= 11 is 0. The zero-order valence-corrected chi connectivity index (χ0v) is 19.9. The second-order valence-corrected chi connectivity index (χ2v) is 9.45. The van der Waals surface area contributed by atoms with Crippen LogP contribution in [0.4, 0.5) is 16.2 Å². The van der Waals surface area contributed by atoms with Gasteiger partial charge in [-0.15, -0.1) is 0 Å². The number of carbonyl (C=O) groups is 1. The first kappa shape index (κ1) is 24.6. The maximum absolute atomic E-state index is 12.3. The smallest absolute Gasteiger partial charge is 0.410 e. The molecule has 0 atom stereocenters. The van der Waals surface area contributed by atoms with Crippen molar-refractivity contribution in [3.8, 4) is 5.75 Å². The molecule has 0 aromatic heterocycles. The van der Waals surface area contributed by atoms with Crippen molar-refractivity contribution >= 4 is 17.5 Å². The van der Waals surface area contributed by atoms with Crippen LogP contribution in [-0.2, 0) is 11.3 Å². The predicted octanol–water partition coefficient (Wildman–Crippen LogP) is 3.54. The highest BCUT2D eigenvalue weighted by Crippen LogP contribution is 2.37. The Morgan fingerprint density at radius 3 is 2.33 bits per heavy atom. The lowest BCUT2D eigenvalue weighted by molar-refractivity contribution is -0.385. The van der Waals surface area contributed by atoms with Crippen LogP contribution in [0.1, 0.15) is 39.2 Å². The summed E-state index contributed by atoms with van der Waals surface area (Å²) in [6, 6.07) is 3.58. The lowest BCUT2D eigenvalue weighted by Crippen LogP contribution is -2.55. The fourth-order valence-electron chi connectivity index (χ4n) is 4.48. The number of nitrogens with zero attached hydrogens (tertiary/aromatic N) is 5. The zero-order valence-electron chi connectivity index (χ0n) is 19.9. The molecule has 0 bridgehead atoms. The third kappa shape index (κ3) is 6.05. The van der Waals surface area contributed by atoms with Crippen LogP contribution < -0.4 is 9.64 Å². The fourth-order valence-corrected chi connectivity index (χ4v) is 4.48. The third-order valence-corrected chi connectivity index (χ3v) is 6.11. The Morgan fingerprint density at radius 2 is 1.82 bits per heavy atom. The van der Waals surface area contributed by atoms with E-state index < -0.39 is 10.5 Å². The molecular formula is C23H33N5O5. The second-order valence-electron chi connectivity index (χ2n) is 9.45. The molecule has 1 aromatic carbocycles. The SMILES string of the molecule is [C-]#[N+]Cc1cc([N+](=O)[O-])c(OC)cc1N1CCC(N2CCN(C(=O)OC(C)(C)C)CC2)CC1. The average molecular weight is 460 g/mol. The van der Waals surface area contributed by atoms with E-state index in [-0.39, 0.29) is 24.1 Å². The quantitative estimate of drug-likeness (QED) is 0.378. The monoisotopic (exact) mass is 459 g/mol. The van der Waals surface area contributed by atoms with E-state index in [2.05, 4.69) is 14.6 Å². The molecule has 0 aliphatic carbocycles. The summed E-state index contributed by atoms with van der Waals surface area (Å²) in [4.78, 5) is 33.1. The summed E-state index contributed by atoms with van der Waals surface area (Å²) in [5, 5.41) is 11.4. The molecule has 0 N–H and O–H groups in total. The number of hydrogen-bond acceptors (Lipinski definition) is 7. The van der Waals surface area contributed by atoms with Gasteiger partial charge in [0.15, 0.2) is 5.75 Å². The molecule has 3 rings (SSSR count). The molecule has 2 fully saturated rings. The van der Waals surface area contributed by atoms with Crippen LogP contribution >= 0.6 is 0 Å². The average Bonchev–Trinajstić information content (AvgIpc) is 2.78. The van der Waals surface area contributed by atoms with Gasteiger partial charge in [-0.25, -0.2) is 11.4 Å². The van der Waals surface area contributed by atoms with Crippen LogP contribution in [0.15, 0.2) is 12.1 Å². The highest BCUT2D eigenvalue weighted by Gasteiger charge is 2.32. The van der Waals surface area contributed by atoms with Crippen molar-refractivity contribution in [3.63, 3.8) is 0 Å². The van der Waals surface area contributed by atoms with Gasteiger partial charge in [-0.3, -0.25) is 15.0 Å². The summed E-state index contributed by atoms with van der Waals surface area (Å²) in [5.74, 6) is 0.212. The van der Waals surface area contributed by atoms with E-state index in [1.54, 1.807) is 11.0 Å². The van der Waals surface area contributed by atoms with Gasteiger partial charge in [0.2, 0.25) is 6.54 Å². The first-order valence-electron chi connectivity index (χ1n) is 11.3. The number of amides is 1. The minimum absolute atomic E-state index is 0.0900. The molecule has 1 aromatic rings. The molecule has 0 radical (unpaired) electrons. The number of carbonyl (C=O) groups excluding carboxylic acids is 1. The number of ether oxygens (including phenoxy) is 2. The van der Waals surface area contributed by atoms with Crippen LogP contribution in [0.3, 0.4) is 0 Å². The summed E-state index contributed by atoms with van der Waals surface area (Å²) in [6.45, 7) is 17.5. The van der Waals surface area contributed by atoms with E-state index in [1.165, 1.54) is 13.2 Å². The largest absolute Gasteiger partial charge is 0.490 e. The molecule has 2 aliphatic rings. The van der Waals surface area contributed by atoms with Gasteiger partial charge >= 0.3 is 11.8 Å². The lowest BCUT2D eigenvalue weighted by Gasteiger charge is -2.43. The number of rotatable bonds is 5. The molecule has 180 valence electrons. The van der Waals surface area contributed by atoms with Crippen molar-refractivity contribution in [1.29, 1.82) is 0 Å². The highest BCUT2D eigenvalue weighted by atomic mass is 16.6. The number of nitro benzene ring substituents is 1. The summed E-state index contributed by atoms with van der Waals surface area (Å²) in [6.07, 6.45) is 1.64. The number of nitro groups is 1. The minimum Gasteiger partial charge on any atom is -0.490 e. The normalized spacial score (nSPS) is 18.0. The Labute approximate surface area is 195 Å². The molecule has 1 amide bonds. The maximum Gasteiger partial charge on any atom is 0.410 e. The van der Waals surface area contributed by atoms with Crippen LogP contribution in [0.2, 0.25) is 0 Å². The second kappa shape index (κ2) is 10.3. The van der Waals surface area contributed by atoms with Crippen LogP contribution in [-0.4, -0.2) is 78.8 Å². The molecular weight excluding hydrogens is 426 g/mol. The molecule has 2 heterocycles. The number of benzene rings is 1. The van der Waals surface area contributed by atoms with Crippen molar-refractivity contribution in [2.24, 2.45) is 0 Å². The number of hydrogen-bond donors (Lipinski definition) is 0. The molecule has 10 heteroatoms. The number of piperazine rings is 1. The standard InChI is InChI=1S/C23H33N5O5/c1-23(2,3)33-22(29)27-12-10-25(11-13-27)18-6-8-26(9-7-18)19-15-21(32-5)20(28(30)31)14-17(19)16-24-4/h14-15,18H,6-13,16H2,1-3,5H3. The van der Waals surface area contributed by atoms with Crippen molar-refractivity contribution < 1.29 is 19.2 Å². The molecule has 0 unspecified atom stereocenters. The van der Waals surface area contributed by atoms with Gasteiger partial charge in [0.1, 0.15) is 5.60 Å². The lowest BCUT2D eigenvalue weighted by atomic mass is 10.00. The van der Waals surface area contributed by atoms with Gasteiger partial charge < -0.3 is 24.1 Å². The van der Waals surface area contributed by atoms with Crippen molar-refractivity contribution in [1.82, 2.24) is 9.80 Å². The predicted molar refractivity (Wildman–Crippen MR) is 125 cm³/mol. The Morgan fingerprint density at radius 1 is 1.18 bits per heavy atom. The number of methoxy groups -OCH3 is 1. The van der Waals surface area contributed by atoms with Crippen LogP contribution in [0, 0.1) is 16.7 Å². The van der Waals surface area contributed by atoms with E-state index in [9.17, 15) is 14.9 Å². The molecule has 33 heavy (non-hydrogen) atoms. The summed E-state index contributed by atoms with van der Waals surface area (Å²) in [7, 11) is 1.42. The van der Waals surface area contributed by atoms with Gasteiger partial charge in [-0.2, -0.15) is 0 Å². The van der Waals surface area contributed by atoms with E-state index in [0.29, 0.717) is 24.7 Å². The summed E-state index contributed by atoms with van der Waals surface area (Å²) < 4.78 is 10.7. The van der Waals surface area contributed by atoms with Crippen molar-refractivity contribution in [3.05, 3.63) is 39.2 Å². The van der Waals surface area contributed by atoms with Gasteiger partial charge in [0.25, 0.3) is 0 Å². The minimum atomic E-state index is -0.492. The molecule has 0 saturated carbocycles. The molecule has 0 spiro atoms. The van der Waals surface area contributed by atoms with E-state index in [0.717, 1.165) is 44.7 Å². The van der Waals surface area contributed by atoms with E-state index in [4.69, 9.17) is 16.0 Å².